The molecule has 2 N–H and O–H groups in total. The third kappa shape index (κ3) is 2.11. The van der Waals surface area contributed by atoms with E-state index in [0.29, 0.717) is 17.8 Å². The molecule has 1 aliphatic heterocycles. The molecule has 0 spiro atoms. The zero-order valence-corrected chi connectivity index (χ0v) is 12.1. The van der Waals surface area contributed by atoms with Gasteiger partial charge in [-0.05, 0) is 26.7 Å². The van der Waals surface area contributed by atoms with E-state index in [0.717, 1.165) is 4.31 Å². The quantitative estimate of drug-likeness (QED) is 0.839. The van der Waals surface area contributed by atoms with Gasteiger partial charge in [0.25, 0.3) is 10.0 Å². The fourth-order valence-electron chi connectivity index (χ4n) is 2.27. The van der Waals surface area contributed by atoms with Gasteiger partial charge < -0.3 is 10.1 Å². The summed E-state index contributed by atoms with van der Waals surface area (Å²) in [5.41, 5.74) is -1.20. The standard InChI is InChI=1S/C10H14N2O5S2/c1-6-7(18-9(15)11-6)19(16,17)12-5-3-4-10(12,2)8(13)14/h3-5H2,1-2H3,(H,11,15)(H,13,14). The molecule has 1 saturated heterocycles. The number of hydrogen-bond acceptors (Lipinski definition) is 5. The smallest absolute Gasteiger partial charge is 0.324 e. The molecule has 7 nitrogen and oxygen atoms in total. The first kappa shape index (κ1) is 14.2. The predicted octanol–water partition coefficient (Wildman–Crippen LogP) is 0.373. The van der Waals surface area contributed by atoms with Gasteiger partial charge in [0.1, 0.15) is 5.54 Å². The molecule has 1 unspecified atom stereocenters. The van der Waals surface area contributed by atoms with Crippen molar-refractivity contribution in [2.24, 2.45) is 0 Å². The number of nitrogens with zero attached hydrogens (tertiary/aromatic N) is 1. The minimum absolute atomic E-state index is 0.105. The van der Waals surface area contributed by atoms with Crippen LogP contribution in [0, 0.1) is 6.92 Å². The normalized spacial score (nSPS) is 24.7. The van der Waals surface area contributed by atoms with Crippen molar-refractivity contribution < 1.29 is 18.3 Å². The van der Waals surface area contributed by atoms with Crippen molar-refractivity contribution in [2.75, 3.05) is 6.54 Å². The molecule has 1 aromatic heterocycles. The summed E-state index contributed by atoms with van der Waals surface area (Å²) in [5, 5.41) is 9.26. The van der Waals surface area contributed by atoms with Gasteiger partial charge in [-0.2, -0.15) is 4.31 Å². The number of carboxylic acid groups (broad SMARTS) is 1. The number of carbonyl (C=O) groups is 1. The fraction of sp³-hybridized carbons (Fsp3) is 0.600. The number of aryl methyl sites for hydroxylation is 1. The molecule has 2 heterocycles. The Hall–Kier alpha value is -1.19. The molecular formula is C10H14N2O5S2. The second-order valence-corrected chi connectivity index (χ2v) is 7.73. The topological polar surface area (TPSA) is 108 Å². The van der Waals surface area contributed by atoms with Gasteiger partial charge >= 0.3 is 10.8 Å². The number of thiazole rings is 1. The van der Waals surface area contributed by atoms with Crippen LogP contribution in [0.5, 0.6) is 0 Å². The van der Waals surface area contributed by atoms with E-state index in [-0.39, 0.29) is 22.9 Å². The number of aromatic amines is 1. The molecule has 2 rings (SSSR count). The van der Waals surface area contributed by atoms with Crippen LogP contribution in [0.15, 0.2) is 9.00 Å². The molecule has 1 atom stereocenters. The summed E-state index contributed by atoms with van der Waals surface area (Å²) >= 11 is 0.587. The number of aromatic nitrogens is 1. The zero-order chi connectivity index (χ0) is 14.4. The summed E-state index contributed by atoms with van der Waals surface area (Å²) in [5.74, 6) is -1.17. The van der Waals surface area contributed by atoms with Crippen molar-refractivity contribution in [3.63, 3.8) is 0 Å². The molecule has 106 valence electrons. The monoisotopic (exact) mass is 306 g/mol. The third-order valence-corrected chi connectivity index (χ3v) is 6.94. The first-order valence-electron chi connectivity index (χ1n) is 5.65. The van der Waals surface area contributed by atoms with Gasteiger partial charge in [0.2, 0.25) is 0 Å². The van der Waals surface area contributed by atoms with Crippen LogP contribution in [-0.4, -0.2) is 40.9 Å². The number of hydrogen-bond donors (Lipinski definition) is 2. The second-order valence-electron chi connectivity index (χ2n) is 4.69. The maximum absolute atomic E-state index is 12.5. The molecule has 9 heteroatoms. The second kappa shape index (κ2) is 4.43. The Balaban J connectivity index is 2.54. The molecule has 1 aliphatic rings. The summed E-state index contributed by atoms with van der Waals surface area (Å²) in [7, 11) is -3.96. The first-order chi connectivity index (χ1) is 8.69. The average molecular weight is 306 g/mol. The van der Waals surface area contributed by atoms with Crippen molar-refractivity contribution in [3.8, 4) is 0 Å². The van der Waals surface area contributed by atoms with Crippen LogP contribution in [-0.2, 0) is 14.8 Å². The SMILES string of the molecule is Cc1[nH]c(=O)sc1S(=O)(=O)N1CCCC1(C)C(=O)O. The van der Waals surface area contributed by atoms with Gasteiger partial charge in [-0.15, -0.1) is 0 Å². The van der Waals surface area contributed by atoms with E-state index in [1.165, 1.54) is 13.8 Å². The van der Waals surface area contributed by atoms with Crippen LogP contribution in [0.3, 0.4) is 0 Å². The minimum atomic E-state index is -3.96. The lowest BCUT2D eigenvalue weighted by atomic mass is 10.0. The Labute approximate surface area is 113 Å². The number of rotatable bonds is 3. The maximum Gasteiger partial charge on any atom is 0.324 e. The summed E-state index contributed by atoms with van der Waals surface area (Å²) < 4.78 is 25.9. The Bertz CT molecular complexity index is 674. The molecule has 0 amide bonds. The van der Waals surface area contributed by atoms with Gasteiger partial charge in [-0.25, -0.2) is 8.42 Å². The lowest BCUT2D eigenvalue weighted by Gasteiger charge is -2.29. The molecule has 0 aromatic carbocycles. The van der Waals surface area contributed by atoms with Crippen molar-refractivity contribution >= 4 is 27.3 Å². The number of nitrogens with one attached hydrogen (secondary N) is 1. The van der Waals surface area contributed by atoms with Crippen LogP contribution < -0.4 is 4.87 Å². The van der Waals surface area contributed by atoms with Gasteiger partial charge in [0.05, 0.1) is 0 Å². The average Bonchev–Trinajstić information content (AvgIpc) is 2.83. The molecule has 1 aromatic rings. The highest BCUT2D eigenvalue weighted by Crippen LogP contribution is 2.35. The summed E-state index contributed by atoms with van der Waals surface area (Å²) in [6, 6.07) is 0. The summed E-state index contributed by atoms with van der Waals surface area (Å²) in [6.07, 6.45) is 0.750. The fourth-order valence-corrected chi connectivity index (χ4v) is 5.48. The van der Waals surface area contributed by atoms with Crippen LogP contribution in [0.25, 0.3) is 0 Å². The van der Waals surface area contributed by atoms with E-state index < -0.39 is 26.4 Å². The van der Waals surface area contributed by atoms with Gasteiger partial charge in [0, 0.05) is 12.2 Å². The van der Waals surface area contributed by atoms with Gasteiger partial charge in [-0.1, -0.05) is 11.3 Å². The van der Waals surface area contributed by atoms with Crippen LogP contribution in [0.4, 0.5) is 0 Å². The summed E-state index contributed by atoms with van der Waals surface area (Å²) in [4.78, 5) is 24.5. The molecular weight excluding hydrogens is 292 g/mol. The number of sulfonamides is 1. The molecule has 19 heavy (non-hydrogen) atoms. The lowest BCUT2D eigenvalue weighted by molar-refractivity contribution is -0.146. The molecule has 1 fully saturated rings. The Morgan fingerprint density at radius 1 is 1.53 bits per heavy atom. The molecule has 0 saturated carbocycles. The maximum atomic E-state index is 12.5. The van der Waals surface area contributed by atoms with Gasteiger partial charge in [0.15, 0.2) is 4.21 Å². The van der Waals surface area contributed by atoms with E-state index in [1.807, 2.05) is 0 Å². The van der Waals surface area contributed by atoms with E-state index in [2.05, 4.69) is 4.98 Å². The van der Waals surface area contributed by atoms with Crippen molar-refractivity contribution in [2.45, 2.75) is 36.4 Å². The highest BCUT2D eigenvalue weighted by atomic mass is 32.2. The first-order valence-corrected chi connectivity index (χ1v) is 7.91. The summed E-state index contributed by atoms with van der Waals surface area (Å²) in [6.45, 7) is 3.03. The van der Waals surface area contributed by atoms with E-state index in [4.69, 9.17) is 0 Å². The largest absolute Gasteiger partial charge is 0.480 e. The number of carboxylic acids is 1. The molecule has 0 aliphatic carbocycles. The van der Waals surface area contributed by atoms with E-state index >= 15 is 0 Å². The van der Waals surface area contributed by atoms with E-state index in [9.17, 15) is 23.1 Å². The zero-order valence-electron chi connectivity index (χ0n) is 10.5. The Morgan fingerprint density at radius 2 is 2.16 bits per heavy atom. The van der Waals surface area contributed by atoms with Gasteiger partial charge in [-0.3, -0.25) is 9.59 Å². The van der Waals surface area contributed by atoms with Crippen LogP contribution in [0.2, 0.25) is 0 Å². The van der Waals surface area contributed by atoms with Crippen LogP contribution in [0.1, 0.15) is 25.5 Å². The Kier molecular flexibility index (Phi) is 3.31. The molecule has 0 radical (unpaired) electrons. The van der Waals surface area contributed by atoms with Crippen molar-refractivity contribution in [1.29, 1.82) is 0 Å². The lowest BCUT2D eigenvalue weighted by Crippen LogP contribution is -2.50. The van der Waals surface area contributed by atoms with Crippen LogP contribution >= 0.6 is 11.3 Å². The van der Waals surface area contributed by atoms with E-state index in [1.54, 1.807) is 0 Å². The Morgan fingerprint density at radius 3 is 2.63 bits per heavy atom. The molecule has 0 bridgehead atoms. The predicted molar refractivity (Wildman–Crippen MR) is 68.8 cm³/mol. The number of H-pyrrole nitrogens is 1. The minimum Gasteiger partial charge on any atom is -0.480 e. The number of aliphatic carboxylic acids is 1. The third-order valence-electron chi connectivity index (χ3n) is 3.34. The van der Waals surface area contributed by atoms with Crippen molar-refractivity contribution in [1.82, 2.24) is 9.29 Å². The highest BCUT2D eigenvalue weighted by molar-refractivity contribution is 7.91. The highest BCUT2D eigenvalue weighted by Gasteiger charge is 2.50. The van der Waals surface area contributed by atoms with Crippen molar-refractivity contribution in [3.05, 3.63) is 15.4 Å².